The minimum atomic E-state index is -0.245. The molecule has 18 heavy (non-hydrogen) atoms. The smallest absolute Gasteiger partial charge is 0.234 e. The first-order chi connectivity index (χ1) is 8.54. The number of carbonyl (C=O) groups is 2. The predicted octanol–water partition coefficient (Wildman–Crippen LogP) is 3.14. The number of hydrogen-bond donors (Lipinski definition) is 1. The van der Waals surface area contributed by atoms with Crippen LogP contribution in [0.25, 0.3) is 0 Å². The molecule has 0 aliphatic carbocycles. The Balaban J connectivity index is 0.00000137. The fraction of sp³-hybridized carbons (Fsp3) is 0.467. The van der Waals surface area contributed by atoms with Crippen LogP contribution in [0.15, 0.2) is 36.0 Å². The van der Waals surface area contributed by atoms with Gasteiger partial charge >= 0.3 is 0 Å². The summed E-state index contributed by atoms with van der Waals surface area (Å²) in [7, 11) is 0. The molecule has 1 N–H and O–H groups in total. The molecule has 1 aliphatic rings. The molecule has 0 aromatic carbocycles. The second kappa shape index (κ2) is 8.45. The molecule has 1 unspecified atom stereocenters. The molecule has 1 fully saturated rings. The Morgan fingerprint density at radius 2 is 1.89 bits per heavy atom. The zero-order valence-corrected chi connectivity index (χ0v) is 11.7. The Hall–Kier alpha value is -1.64. The van der Waals surface area contributed by atoms with Crippen LogP contribution in [0.5, 0.6) is 0 Å². The highest BCUT2D eigenvalue weighted by atomic mass is 16.2. The lowest BCUT2D eigenvalue weighted by Crippen LogP contribution is -2.41. The molecule has 0 aromatic heterocycles. The van der Waals surface area contributed by atoms with Crippen molar-refractivity contribution in [3.8, 4) is 0 Å². The van der Waals surface area contributed by atoms with Gasteiger partial charge in [-0.25, -0.2) is 0 Å². The maximum Gasteiger partial charge on any atom is 0.234 e. The summed E-state index contributed by atoms with van der Waals surface area (Å²) >= 11 is 0. The van der Waals surface area contributed by atoms with Crippen LogP contribution in [-0.4, -0.2) is 11.8 Å². The Kier molecular flexibility index (Phi) is 7.68. The number of imide groups is 1. The van der Waals surface area contributed by atoms with E-state index in [4.69, 9.17) is 0 Å². The Bertz CT molecular complexity index is 374. The van der Waals surface area contributed by atoms with Gasteiger partial charge in [-0.1, -0.05) is 44.2 Å². The average Bonchev–Trinajstić information content (AvgIpc) is 2.34. The average molecular weight is 249 g/mol. The van der Waals surface area contributed by atoms with Gasteiger partial charge in [-0.2, -0.15) is 0 Å². The van der Waals surface area contributed by atoms with E-state index in [-0.39, 0.29) is 17.7 Å². The van der Waals surface area contributed by atoms with Gasteiger partial charge in [0.1, 0.15) is 0 Å². The van der Waals surface area contributed by atoms with Crippen molar-refractivity contribution in [2.75, 3.05) is 0 Å². The monoisotopic (exact) mass is 249 g/mol. The Labute approximate surface area is 110 Å². The van der Waals surface area contributed by atoms with Crippen molar-refractivity contribution < 1.29 is 9.59 Å². The van der Waals surface area contributed by atoms with E-state index >= 15 is 0 Å². The summed E-state index contributed by atoms with van der Waals surface area (Å²) in [5.41, 5.74) is 2.03. The maximum absolute atomic E-state index is 11.6. The predicted molar refractivity (Wildman–Crippen MR) is 74.9 cm³/mol. The summed E-state index contributed by atoms with van der Waals surface area (Å²) in [5.74, 6) is -0.651. The second-order valence-corrected chi connectivity index (χ2v) is 4.12. The first kappa shape index (κ1) is 16.4. The number of carbonyl (C=O) groups excluding carboxylic acids is 2. The van der Waals surface area contributed by atoms with Gasteiger partial charge in [0.05, 0.1) is 5.92 Å². The first-order valence-electron chi connectivity index (χ1n) is 6.36. The molecule has 0 spiro atoms. The summed E-state index contributed by atoms with van der Waals surface area (Å²) in [6, 6.07) is 0. The van der Waals surface area contributed by atoms with Crippen LogP contribution in [0.4, 0.5) is 0 Å². The van der Waals surface area contributed by atoms with E-state index in [1.165, 1.54) is 0 Å². The Morgan fingerprint density at radius 1 is 1.28 bits per heavy atom. The lowest BCUT2D eigenvalue weighted by molar-refractivity contribution is -0.135. The van der Waals surface area contributed by atoms with Gasteiger partial charge in [-0.05, 0) is 25.8 Å². The summed E-state index contributed by atoms with van der Waals surface area (Å²) < 4.78 is 0. The molecule has 3 heteroatoms. The summed E-state index contributed by atoms with van der Waals surface area (Å²) in [4.78, 5) is 22.6. The molecular formula is C15H23NO2. The SMILES string of the molecule is C=C/C(=C\C=C(C)C)C1CCC(=O)NC1=O.CC. The summed E-state index contributed by atoms with van der Waals surface area (Å²) in [6.45, 7) is 11.7. The molecule has 0 radical (unpaired) electrons. The number of nitrogens with one attached hydrogen (secondary N) is 1. The normalized spacial score (nSPS) is 19.3. The third-order valence-electron chi connectivity index (χ3n) is 2.49. The minimum absolute atomic E-state index is 0.188. The van der Waals surface area contributed by atoms with E-state index in [9.17, 15) is 9.59 Å². The van der Waals surface area contributed by atoms with Crippen molar-refractivity contribution in [1.29, 1.82) is 0 Å². The van der Waals surface area contributed by atoms with E-state index in [0.717, 1.165) is 11.1 Å². The molecule has 100 valence electrons. The third kappa shape index (κ3) is 5.13. The molecule has 0 saturated carbocycles. The molecule has 1 heterocycles. The van der Waals surface area contributed by atoms with Crippen molar-refractivity contribution >= 4 is 11.8 Å². The van der Waals surface area contributed by atoms with E-state index in [2.05, 4.69) is 11.9 Å². The molecule has 1 saturated heterocycles. The summed E-state index contributed by atoms with van der Waals surface area (Å²) in [6.07, 6.45) is 6.48. The highest BCUT2D eigenvalue weighted by Crippen LogP contribution is 2.22. The Morgan fingerprint density at radius 3 is 2.33 bits per heavy atom. The maximum atomic E-state index is 11.6. The van der Waals surface area contributed by atoms with Crippen LogP contribution in [-0.2, 0) is 9.59 Å². The van der Waals surface area contributed by atoms with Crippen molar-refractivity contribution in [2.45, 2.75) is 40.5 Å². The second-order valence-electron chi connectivity index (χ2n) is 4.12. The van der Waals surface area contributed by atoms with E-state index in [0.29, 0.717) is 12.8 Å². The summed E-state index contributed by atoms with van der Waals surface area (Å²) in [5, 5.41) is 2.34. The minimum Gasteiger partial charge on any atom is -0.296 e. The molecule has 1 aliphatic heterocycles. The molecule has 3 nitrogen and oxygen atoms in total. The van der Waals surface area contributed by atoms with Crippen molar-refractivity contribution in [2.24, 2.45) is 5.92 Å². The van der Waals surface area contributed by atoms with E-state index < -0.39 is 0 Å². The largest absolute Gasteiger partial charge is 0.296 e. The number of allylic oxidation sites excluding steroid dienone is 4. The quantitative estimate of drug-likeness (QED) is 0.617. The van der Waals surface area contributed by atoms with Crippen LogP contribution >= 0.6 is 0 Å². The van der Waals surface area contributed by atoms with Gasteiger partial charge in [0, 0.05) is 6.42 Å². The molecule has 0 bridgehead atoms. The van der Waals surface area contributed by atoms with E-state index in [1.54, 1.807) is 6.08 Å². The molecule has 1 rings (SSSR count). The fourth-order valence-electron chi connectivity index (χ4n) is 1.60. The van der Waals surface area contributed by atoms with Crippen molar-refractivity contribution in [1.82, 2.24) is 5.32 Å². The van der Waals surface area contributed by atoms with Gasteiger partial charge in [0.2, 0.25) is 11.8 Å². The zero-order chi connectivity index (χ0) is 14.1. The van der Waals surface area contributed by atoms with Crippen LogP contribution in [0.2, 0.25) is 0 Å². The lowest BCUT2D eigenvalue weighted by atomic mass is 9.90. The molecular weight excluding hydrogens is 226 g/mol. The third-order valence-corrected chi connectivity index (χ3v) is 2.49. The number of rotatable bonds is 3. The van der Waals surface area contributed by atoms with Crippen molar-refractivity contribution in [3.63, 3.8) is 0 Å². The van der Waals surface area contributed by atoms with Crippen molar-refractivity contribution in [3.05, 3.63) is 36.0 Å². The zero-order valence-electron chi connectivity index (χ0n) is 11.7. The highest BCUT2D eigenvalue weighted by molar-refractivity contribution is 6.00. The topological polar surface area (TPSA) is 46.2 Å². The highest BCUT2D eigenvalue weighted by Gasteiger charge is 2.27. The fourth-order valence-corrected chi connectivity index (χ4v) is 1.60. The first-order valence-corrected chi connectivity index (χ1v) is 6.36. The lowest BCUT2D eigenvalue weighted by Gasteiger charge is -2.21. The van der Waals surface area contributed by atoms with Gasteiger partial charge < -0.3 is 0 Å². The number of piperidine rings is 1. The standard InChI is InChI=1S/C13H17NO2.C2H6/c1-4-10(6-5-9(2)3)11-7-8-12(15)14-13(11)16;1-2/h4-6,11H,1,7-8H2,2-3H3,(H,14,15,16);1-2H3/b10-6+;. The molecule has 2 amide bonds. The van der Waals surface area contributed by atoms with Gasteiger partial charge in [-0.15, -0.1) is 0 Å². The molecule has 1 atom stereocenters. The van der Waals surface area contributed by atoms with Gasteiger partial charge in [0.15, 0.2) is 0 Å². The van der Waals surface area contributed by atoms with Crippen LogP contribution in [0, 0.1) is 5.92 Å². The van der Waals surface area contributed by atoms with Gasteiger partial charge in [0.25, 0.3) is 0 Å². The number of hydrogen-bond acceptors (Lipinski definition) is 2. The van der Waals surface area contributed by atoms with Gasteiger partial charge in [-0.3, -0.25) is 14.9 Å². The number of amides is 2. The molecule has 0 aromatic rings. The van der Waals surface area contributed by atoms with E-state index in [1.807, 2.05) is 39.8 Å². The van der Waals surface area contributed by atoms with Crippen LogP contribution in [0.3, 0.4) is 0 Å². The van der Waals surface area contributed by atoms with Crippen LogP contribution < -0.4 is 5.32 Å². The van der Waals surface area contributed by atoms with Crippen LogP contribution in [0.1, 0.15) is 40.5 Å².